The van der Waals surface area contributed by atoms with E-state index in [4.69, 9.17) is 11.6 Å². The van der Waals surface area contributed by atoms with E-state index in [9.17, 15) is 4.79 Å². The number of aromatic nitrogens is 5. The van der Waals surface area contributed by atoms with Crippen molar-refractivity contribution in [2.45, 2.75) is 46.7 Å². The molecule has 3 rings (SSSR count). The molecule has 0 aliphatic carbocycles. The molecule has 0 amide bonds. The van der Waals surface area contributed by atoms with E-state index in [1.165, 1.54) is 0 Å². The van der Waals surface area contributed by atoms with Gasteiger partial charge in [-0.15, -0.1) is 0 Å². The number of hydrogen-bond donors (Lipinski definition) is 2. The molecule has 0 aromatic carbocycles. The van der Waals surface area contributed by atoms with Crippen LogP contribution in [0.4, 0.5) is 5.82 Å². The van der Waals surface area contributed by atoms with Crippen molar-refractivity contribution in [1.82, 2.24) is 24.5 Å². The first kappa shape index (κ1) is 17.4. The van der Waals surface area contributed by atoms with Crippen molar-refractivity contribution in [2.24, 2.45) is 0 Å². The molecule has 3 heterocycles. The van der Waals surface area contributed by atoms with Crippen molar-refractivity contribution in [3.8, 4) is 0 Å². The first-order chi connectivity index (χ1) is 11.9. The number of aryl methyl sites for hydroxylation is 2. The zero-order chi connectivity index (χ0) is 18.1. The molecule has 0 spiro atoms. The number of nitrogens with one attached hydrogen (secondary N) is 2. The number of H-pyrrole nitrogens is 1. The van der Waals surface area contributed by atoms with Crippen molar-refractivity contribution in [1.29, 1.82) is 0 Å². The second-order valence-electron chi connectivity index (χ2n) is 6.25. The van der Waals surface area contributed by atoms with Crippen LogP contribution in [0.3, 0.4) is 0 Å². The Hall–Kier alpha value is -2.41. The van der Waals surface area contributed by atoms with Crippen molar-refractivity contribution >= 4 is 28.6 Å². The molecule has 3 aromatic heterocycles. The quantitative estimate of drug-likeness (QED) is 0.682. The zero-order valence-electron chi connectivity index (χ0n) is 14.7. The molecule has 3 aromatic rings. The highest BCUT2D eigenvalue weighted by Crippen LogP contribution is 2.23. The number of rotatable bonds is 5. The number of imidazole rings is 1. The number of hydrogen-bond acceptors (Lipinski definition) is 5. The van der Waals surface area contributed by atoms with Crippen molar-refractivity contribution < 1.29 is 0 Å². The third kappa shape index (κ3) is 3.37. The Morgan fingerprint density at radius 2 is 2.12 bits per heavy atom. The maximum absolute atomic E-state index is 12.3. The summed E-state index contributed by atoms with van der Waals surface area (Å²) in [7, 11) is 0. The SMILES string of the molecule is CCc1cc(C)[nH]c(=O)c1CNc1nc(Cl)nc2c1ncn2C(C)C. The van der Waals surface area contributed by atoms with E-state index in [1.807, 2.05) is 38.3 Å². The van der Waals surface area contributed by atoms with Gasteiger partial charge in [0.05, 0.1) is 6.33 Å². The van der Waals surface area contributed by atoms with E-state index in [2.05, 4.69) is 25.3 Å². The summed E-state index contributed by atoms with van der Waals surface area (Å²) in [5.74, 6) is 0.524. The number of pyridine rings is 1. The molecule has 0 aliphatic rings. The van der Waals surface area contributed by atoms with Gasteiger partial charge in [0.2, 0.25) is 5.28 Å². The highest BCUT2D eigenvalue weighted by Gasteiger charge is 2.15. The Bertz CT molecular complexity index is 975. The van der Waals surface area contributed by atoms with Crippen molar-refractivity contribution in [3.05, 3.63) is 44.9 Å². The van der Waals surface area contributed by atoms with E-state index in [-0.39, 0.29) is 16.9 Å². The molecule has 0 atom stereocenters. The van der Waals surface area contributed by atoms with Gasteiger partial charge in [-0.05, 0) is 50.4 Å². The van der Waals surface area contributed by atoms with E-state index in [0.29, 0.717) is 29.1 Å². The molecule has 0 saturated carbocycles. The van der Waals surface area contributed by atoms with Crippen LogP contribution in [0, 0.1) is 6.92 Å². The molecule has 8 heteroatoms. The van der Waals surface area contributed by atoms with Crippen LogP contribution in [-0.4, -0.2) is 24.5 Å². The zero-order valence-corrected chi connectivity index (χ0v) is 15.5. The third-order valence-electron chi connectivity index (χ3n) is 4.13. The highest BCUT2D eigenvalue weighted by molar-refractivity contribution is 6.28. The topological polar surface area (TPSA) is 88.5 Å². The Morgan fingerprint density at radius 1 is 1.36 bits per heavy atom. The van der Waals surface area contributed by atoms with Crippen molar-refractivity contribution in [2.75, 3.05) is 5.32 Å². The first-order valence-electron chi connectivity index (χ1n) is 8.26. The first-order valence-corrected chi connectivity index (χ1v) is 8.64. The second-order valence-corrected chi connectivity index (χ2v) is 6.59. The molecule has 0 radical (unpaired) electrons. The number of anilines is 1. The van der Waals surface area contributed by atoms with Gasteiger partial charge < -0.3 is 14.9 Å². The fourth-order valence-electron chi connectivity index (χ4n) is 2.86. The van der Waals surface area contributed by atoms with E-state index in [0.717, 1.165) is 17.7 Å². The second kappa shape index (κ2) is 6.84. The van der Waals surface area contributed by atoms with E-state index < -0.39 is 0 Å². The Kier molecular flexibility index (Phi) is 4.76. The minimum atomic E-state index is -0.0894. The average Bonchev–Trinajstić information content (AvgIpc) is 2.96. The lowest BCUT2D eigenvalue weighted by Gasteiger charge is -2.11. The lowest BCUT2D eigenvalue weighted by molar-refractivity contribution is 0.612. The summed E-state index contributed by atoms with van der Waals surface area (Å²) in [4.78, 5) is 28.1. The number of nitrogens with zero attached hydrogens (tertiary/aromatic N) is 4. The van der Waals surface area contributed by atoms with Gasteiger partial charge in [-0.25, -0.2) is 4.98 Å². The molecule has 0 unspecified atom stereocenters. The monoisotopic (exact) mass is 360 g/mol. The maximum Gasteiger partial charge on any atom is 0.253 e. The molecule has 132 valence electrons. The van der Waals surface area contributed by atoms with Gasteiger partial charge in [0.1, 0.15) is 0 Å². The Labute approximate surface area is 150 Å². The number of aromatic amines is 1. The summed E-state index contributed by atoms with van der Waals surface area (Å²) in [6, 6.07) is 2.20. The van der Waals surface area contributed by atoms with Gasteiger partial charge >= 0.3 is 0 Å². The highest BCUT2D eigenvalue weighted by atomic mass is 35.5. The van der Waals surface area contributed by atoms with Crippen LogP contribution in [0.25, 0.3) is 11.2 Å². The minimum absolute atomic E-state index is 0.0894. The molecule has 7 nitrogen and oxygen atoms in total. The minimum Gasteiger partial charge on any atom is -0.364 e. The molecule has 0 saturated heterocycles. The Balaban J connectivity index is 1.99. The van der Waals surface area contributed by atoms with Gasteiger partial charge in [0.15, 0.2) is 17.0 Å². The van der Waals surface area contributed by atoms with Crippen LogP contribution in [0.2, 0.25) is 5.28 Å². The van der Waals surface area contributed by atoms with Gasteiger partial charge in [0, 0.05) is 23.8 Å². The summed E-state index contributed by atoms with van der Waals surface area (Å²) in [5.41, 5.74) is 3.78. The molecule has 0 fully saturated rings. The molecule has 0 aliphatic heterocycles. The van der Waals surface area contributed by atoms with Gasteiger partial charge in [0.25, 0.3) is 5.56 Å². The van der Waals surface area contributed by atoms with Crippen LogP contribution in [0.1, 0.15) is 43.6 Å². The number of halogens is 1. The molecule has 25 heavy (non-hydrogen) atoms. The van der Waals surface area contributed by atoms with E-state index >= 15 is 0 Å². The average molecular weight is 361 g/mol. The van der Waals surface area contributed by atoms with Crippen LogP contribution in [-0.2, 0) is 13.0 Å². The predicted octanol–water partition coefficient (Wildman–Crippen LogP) is 3.23. The fourth-order valence-corrected chi connectivity index (χ4v) is 3.02. The smallest absolute Gasteiger partial charge is 0.253 e. The third-order valence-corrected chi connectivity index (χ3v) is 4.30. The summed E-state index contributed by atoms with van der Waals surface area (Å²) < 4.78 is 1.93. The molecular formula is C17H21ClN6O. The van der Waals surface area contributed by atoms with Crippen LogP contribution < -0.4 is 10.9 Å². The Morgan fingerprint density at radius 3 is 2.80 bits per heavy atom. The fraction of sp³-hybridized carbons (Fsp3) is 0.412. The van der Waals surface area contributed by atoms with Gasteiger partial charge in [-0.2, -0.15) is 9.97 Å². The number of fused-ring (bicyclic) bond motifs is 1. The van der Waals surface area contributed by atoms with Crippen LogP contribution in [0.5, 0.6) is 0 Å². The summed E-state index contributed by atoms with van der Waals surface area (Å²) >= 11 is 6.08. The summed E-state index contributed by atoms with van der Waals surface area (Å²) in [5, 5.41) is 3.35. The van der Waals surface area contributed by atoms with E-state index in [1.54, 1.807) is 6.33 Å². The predicted molar refractivity (Wildman–Crippen MR) is 99.2 cm³/mol. The van der Waals surface area contributed by atoms with Crippen LogP contribution in [0.15, 0.2) is 17.2 Å². The van der Waals surface area contributed by atoms with Gasteiger partial charge in [-0.3, -0.25) is 4.79 Å². The summed E-state index contributed by atoms with van der Waals surface area (Å²) in [6.45, 7) is 8.34. The van der Waals surface area contributed by atoms with Crippen LogP contribution >= 0.6 is 11.6 Å². The lowest BCUT2D eigenvalue weighted by Crippen LogP contribution is -2.20. The maximum atomic E-state index is 12.3. The van der Waals surface area contributed by atoms with Crippen molar-refractivity contribution in [3.63, 3.8) is 0 Å². The summed E-state index contributed by atoms with van der Waals surface area (Å²) in [6.07, 6.45) is 2.51. The normalized spacial score (nSPS) is 11.4. The molecule has 0 bridgehead atoms. The molecular weight excluding hydrogens is 340 g/mol. The molecule has 2 N–H and O–H groups in total. The van der Waals surface area contributed by atoms with Gasteiger partial charge in [-0.1, -0.05) is 6.92 Å². The lowest BCUT2D eigenvalue weighted by atomic mass is 10.1. The standard InChI is InChI=1S/C17H21ClN6O/c1-5-11-6-10(4)21-16(25)12(11)7-19-14-13-15(23-17(18)22-14)24(8-20-13)9(2)3/h6,8-9H,5,7H2,1-4H3,(H,21,25)(H,19,22,23). The largest absolute Gasteiger partial charge is 0.364 e.